The zero-order chi connectivity index (χ0) is 24.1. The van der Waals surface area contributed by atoms with Gasteiger partial charge in [-0.3, -0.25) is 14.7 Å². The molecule has 1 saturated heterocycles. The Morgan fingerprint density at radius 3 is 2.86 bits per heavy atom. The van der Waals surface area contributed by atoms with Crippen LogP contribution in [0.4, 0.5) is 11.5 Å². The van der Waals surface area contributed by atoms with Gasteiger partial charge in [-0.2, -0.15) is 5.10 Å². The number of aromatic nitrogens is 5. The first-order chi connectivity index (χ1) is 17.0. The molecule has 2 aliphatic rings. The van der Waals surface area contributed by atoms with E-state index in [1.165, 1.54) is 16.8 Å². The largest absolute Gasteiger partial charge is 0.342 e. The molecule has 0 unspecified atom stereocenters. The Labute approximate surface area is 205 Å². The van der Waals surface area contributed by atoms with Crippen LogP contribution in [0.25, 0.3) is 21.3 Å². The maximum atomic E-state index is 13.3. The summed E-state index contributed by atoms with van der Waals surface area (Å²) in [5.41, 5.74) is 1.94. The molecule has 11 heteroatoms. The molecule has 10 nitrogen and oxygen atoms in total. The van der Waals surface area contributed by atoms with Gasteiger partial charge in [0.2, 0.25) is 5.91 Å². The third-order valence-electron chi connectivity index (χ3n) is 7.41. The van der Waals surface area contributed by atoms with Crippen molar-refractivity contribution in [1.29, 1.82) is 0 Å². The third-order valence-corrected chi connectivity index (χ3v) is 8.57. The van der Waals surface area contributed by atoms with Crippen molar-refractivity contribution in [2.75, 3.05) is 32.5 Å². The van der Waals surface area contributed by atoms with E-state index in [4.69, 9.17) is 0 Å². The molecule has 35 heavy (non-hydrogen) atoms. The van der Waals surface area contributed by atoms with Crippen LogP contribution in [0.15, 0.2) is 23.4 Å². The highest BCUT2D eigenvalue weighted by Crippen LogP contribution is 2.40. The summed E-state index contributed by atoms with van der Waals surface area (Å²) in [6.45, 7) is 1.68. The first-order valence-electron chi connectivity index (χ1n) is 12.0. The van der Waals surface area contributed by atoms with E-state index < -0.39 is 0 Å². The first-order valence-corrected chi connectivity index (χ1v) is 12.8. The molecule has 3 N–H and O–H groups in total. The van der Waals surface area contributed by atoms with Crippen LogP contribution in [0.5, 0.6) is 0 Å². The number of aryl methyl sites for hydroxylation is 1. The molecule has 1 aliphatic heterocycles. The normalized spacial score (nSPS) is 18.9. The molecule has 1 amide bonds. The van der Waals surface area contributed by atoms with Crippen LogP contribution in [0.1, 0.15) is 29.7 Å². The minimum atomic E-state index is -0.249. The summed E-state index contributed by atoms with van der Waals surface area (Å²) < 4.78 is 0. The molecule has 1 fully saturated rings. The Morgan fingerprint density at radius 1 is 1.23 bits per heavy atom. The lowest BCUT2D eigenvalue weighted by Gasteiger charge is -2.37. The fourth-order valence-corrected chi connectivity index (χ4v) is 6.67. The summed E-state index contributed by atoms with van der Waals surface area (Å²) in [6.07, 6.45) is 7.62. The Bertz CT molecular complexity index is 1460. The van der Waals surface area contributed by atoms with Gasteiger partial charge in [0, 0.05) is 35.3 Å². The summed E-state index contributed by atoms with van der Waals surface area (Å²) in [7, 11) is 4.23. The molecular formula is C24H28N8O2S. The van der Waals surface area contributed by atoms with Gasteiger partial charge in [0.1, 0.15) is 28.3 Å². The summed E-state index contributed by atoms with van der Waals surface area (Å²) >= 11 is 1.64. The van der Waals surface area contributed by atoms with E-state index in [0.29, 0.717) is 23.2 Å². The van der Waals surface area contributed by atoms with E-state index in [9.17, 15) is 9.59 Å². The summed E-state index contributed by atoms with van der Waals surface area (Å²) in [5, 5.41) is 11.7. The Kier molecular flexibility index (Phi) is 5.53. The summed E-state index contributed by atoms with van der Waals surface area (Å²) in [4.78, 5) is 44.1. The molecule has 0 radical (unpaired) electrons. The Hall–Kier alpha value is -3.31. The van der Waals surface area contributed by atoms with Crippen molar-refractivity contribution in [3.05, 3.63) is 39.4 Å². The molecule has 4 aromatic heterocycles. The van der Waals surface area contributed by atoms with E-state index >= 15 is 0 Å². The van der Waals surface area contributed by atoms with E-state index in [1.54, 1.807) is 23.6 Å². The Morgan fingerprint density at radius 2 is 2.06 bits per heavy atom. The number of carbonyl (C=O) groups is 1. The standard InChI is InChI=1S/C24H28N8O2S/c1-31(2)15-5-7-32(8-6-15)24(34)13-3-4-16-18(10-13)35-23-19(16)21(25-12-26-23)28-17-9-14-11-27-30-20(14)29-22(17)33/h9,11-13,15H,3-8,10H2,1-2H3,(H,25,26,28)(H2,27,29,30,33)/t13-/m0/s1. The molecule has 6 rings (SSSR count). The number of amides is 1. The third kappa shape index (κ3) is 3.98. The van der Waals surface area contributed by atoms with E-state index in [2.05, 4.69) is 54.4 Å². The van der Waals surface area contributed by atoms with Gasteiger partial charge in [-0.1, -0.05) is 0 Å². The second-order valence-electron chi connectivity index (χ2n) is 9.70. The number of pyridine rings is 1. The van der Waals surface area contributed by atoms with E-state index in [0.717, 1.165) is 60.8 Å². The lowest BCUT2D eigenvalue weighted by Crippen LogP contribution is -2.47. The fraction of sp³-hybridized carbons (Fsp3) is 0.458. The van der Waals surface area contributed by atoms with Crippen molar-refractivity contribution in [3.63, 3.8) is 0 Å². The van der Waals surface area contributed by atoms with Crippen LogP contribution in [0, 0.1) is 5.92 Å². The van der Waals surface area contributed by atoms with Gasteiger partial charge in [-0.15, -0.1) is 11.3 Å². The van der Waals surface area contributed by atoms with E-state index in [1.807, 2.05) is 0 Å². The van der Waals surface area contributed by atoms with Gasteiger partial charge in [-0.05, 0) is 57.8 Å². The summed E-state index contributed by atoms with van der Waals surface area (Å²) in [6, 6.07) is 2.32. The number of fused-ring (bicyclic) bond motifs is 4. The number of hydrogen-bond acceptors (Lipinski definition) is 8. The number of nitrogens with one attached hydrogen (secondary N) is 3. The van der Waals surface area contributed by atoms with Crippen molar-refractivity contribution in [2.24, 2.45) is 5.92 Å². The maximum Gasteiger partial charge on any atom is 0.273 e. The minimum absolute atomic E-state index is 0.0159. The number of H-pyrrole nitrogens is 2. The molecule has 1 atom stereocenters. The first kappa shape index (κ1) is 22.2. The van der Waals surface area contributed by atoms with Crippen LogP contribution >= 0.6 is 11.3 Å². The molecule has 0 bridgehead atoms. The van der Waals surface area contributed by atoms with Crippen molar-refractivity contribution >= 4 is 50.0 Å². The predicted octanol–water partition coefficient (Wildman–Crippen LogP) is 2.66. The van der Waals surface area contributed by atoms with Crippen LogP contribution in [0.3, 0.4) is 0 Å². The highest BCUT2D eigenvalue weighted by Gasteiger charge is 2.33. The minimum Gasteiger partial charge on any atom is -0.342 e. The highest BCUT2D eigenvalue weighted by molar-refractivity contribution is 7.19. The number of hydrogen-bond donors (Lipinski definition) is 3. The molecule has 0 aromatic carbocycles. The second-order valence-corrected chi connectivity index (χ2v) is 10.8. The maximum absolute atomic E-state index is 13.3. The molecule has 0 spiro atoms. The van der Waals surface area contributed by atoms with Gasteiger partial charge in [0.25, 0.3) is 5.56 Å². The lowest BCUT2D eigenvalue weighted by atomic mass is 9.86. The zero-order valence-corrected chi connectivity index (χ0v) is 20.6. The number of carbonyl (C=O) groups excluding carboxylic acids is 1. The Balaban J connectivity index is 1.25. The number of aromatic amines is 2. The topological polar surface area (TPSA) is 123 Å². The predicted molar refractivity (Wildman–Crippen MR) is 136 cm³/mol. The second kappa shape index (κ2) is 8.72. The van der Waals surface area contributed by atoms with Crippen molar-refractivity contribution in [3.8, 4) is 0 Å². The van der Waals surface area contributed by atoms with Gasteiger partial charge in [-0.25, -0.2) is 9.97 Å². The van der Waals surface area contributed by atoms with Crippen molar-refractivity contribution in [2.45, 2.75) is 38.1 Å². The van der Waals surface area contributed by atoms with Crippen LogP contribution in [0.2, 0.25) is 0 Å². The highest BCUT2D eigenvalue weighted by atomic mass is 32.1. The zero-order valence-electron chi connectivity index (χ0n) is 19.8. The van der Waals surface area contributed by atoms with Gasteiger partial charge in [0.15, 0.2) is 0 Å². The van der Waals surface area contributed by atoms with Gasteiger partial charge >= 0.3 is 0 Å². The number of rotatable bonds is 4. The SMILES string of the molecule is CN(C)C1CCN(C(=O)[C@H]2CCc3c(sc4ncnc(Nc5cc6cn[nH]c6[nH]c5=O)c34)C2)CC1. The van der Waals surface area contributed by atoms with Crippen molar-refractivity contribution in [1.82, 2.24) is 34.9 Å². The van der Waals surface area contributed by atoms with Crippen LogP contribution < -0.4 is 10.9 Å². The van der Waals surface area contributed by atoms with Gasteiger partial charge in [0.05, 0.1) is 11.6 Å². The smallest absolute Gasteiger partial charge is 0.273 e. The van der Waals surface area contributed by atoms with E-state index in [-0.39, 0.29) is 17.4 Å². The number of anilines is 2. The number of piperidine rings is 1. The molecule has 1 aliphatic carbocycles. The lowest BCUT2D eigenvalue weighted by molar-refractivity contribution is -0.137. The van der Waals surface area contributed by atoms with Crippen LogP contribution in [-0.4, -0.2) is 74.1 Å². The average molecular weight is 493 g/mol. The molecule has 5 heterocycles. The van der Waals surface area contributed by atoms with Gasteiger partial charge < -0.3 is 20.1 Å². The quantitative estimate of drug-likeness (QED) is 0.400. The number of thiophene rings is 1. The fourth-order valence-electron chi connectivity index (χ4n) is 5.40. The number of likely N-dealkylation sites (tertiary alicyclic amines) is 1. The average Bonchev–Trinajstić information content (AvgIpc) is 3.47. The monoisotopic (exact) mass is 492 g/mol. The molecule has 0 saturated carbocycles. The number of nitrogens with zero attached hydrogens (tertiary/aromatic N) is 5. The molecule has 182 valence electrons. The molecule has 4 aromatic rings. The molecular weight excluding hydrogens is 464 g/mol. The summed E-state index contributed by atoms with van der Waals surface area (Å²) in [5.74, 6) is 0.924. The van der Waals surface area contributed by atoms with Crippen molar-refractivity contribution < 1.29 is 4.79 Å². The van der Waals surface area contributed by atoms with Crippen LogP contribution in [-0.2, 0) is 17.6 Å².